The minimum atomic E-state index is -0.632. The van der Waals surface area contributed by atoms with Crippen molar-refractivity contribution >= 4 is 24.3 Å². The van der Waals surface area contributed by atoms with Gasteiger partial charge in [-0.15, -0.1) is 0 Å². The zero-order valence-corrected chi connectivity index (χ0v) is 11.6. The fourth-order valence-corrected chi connectivity index (χ4v) is 1.78. The molecule has 1 heterocycles. The Hall–Kier alpha value is -1.96. The van der Waals surface area contributed by atoms with Crippen LogP contribution in [0.1, 0.15) is 13.3 Å². The quantitative estimate of drug-likeness (QED) is 0.295. The smallest absolute Gasteiger partial charge is 0.315 e. The van der Waals surface area contributed by atoms with Gasteiger partial charge in [-0.05, 0) is 11.7 Å². The molecule has 0 spiro atoms. The molecule has 0 amide bonds. The van der Waals surface area contributed by atoms with E-state index in [1.54, 1.807) is 0 Å². The maximum atomic E-state index is 11.7. The van der Waals surface area contributed by atoms with Crippen LogP contribution >= 0.6 is 12.6 Å². The number of rotatable bonds is 5. The Balaban J connectivity index is 2.22. The van der Waals surface area contributed by atoms with Crippen molar-refractivity contribution in [2.24, 2.45) is 5.92 Å². The van der Waals surface area contributed by atoms with Crippen LogP contribution in [0.15, 0.2) is 12.1 Å². The van der Waals surface area contributed by atoms with Gasteiger partial charge in [-0.25, -0.2) is 0 Å². The van der Waals surface area contributed by atoms with Crippen LogP contribution in [0.25, 0.3) is 0 Å². The van der Waals surface area contributed by atoms with Crippen LogP contribution in [-0.2, 0) is 4.79 Å². The molecule has 20 heavy (non-hydrogen) atoms. The average molecular weight is 299 g/mol. The van der Waals surface area contributed by atoms with E-state index in [9.17, 15) is 14.9 Å². The second-order valence-corrected chi connectivity index (χ2v) is 4.76. The summed E-state index contributed by atoms with van der Waals surface area (Å²) in [5.74, 6) is 0.446. The normalized spacial score (nSPS) is 13.9. The van der Waals surface area contributed by atoms with Gasteiger partial charge < -0.3 is 14.2 Å². The molecule has 0 aliphatic carbocycles. The Labute approximate surface area is 120 Å². The zero-order chi connectivity index (χ0) is 14.7. The first-order valence-corrected chi connectivity index (χ1v) is 6.54. The minimum Gasteiger partial charge on any atom is -0.453 e. The molecule has 1 atom stereocenters. The Kier molecular flexibility index (Phi) is 4.33. The predicted molar refractivity (Wildman–Crippen MR) is 72.5 cm³/mol. The van der Waals surface area contributed by atoms with Crippen LogP contribution < -0.4 is 14.2 Å². The van der Waals surface area contributed by atoms with Gasteiger partial charge in [0.25, 0.3) is 0 Å². The van der Waals surface area contributed by atoms with Crippen molar-refractivity contribution in [2.75, 3.05) is 12.5 Å². The van der Waals surface area contributed by atoms with Gasteiger partial charge in [-0.1, -0.05) is 6.92 Å². The van der Waals surface area contributed by atoms with E-state index in [0.29, 0.717) is 11.5 Å². The van der Waals surface area contributed by atoms with Crippen molar-refractivity contribution in [2.45, 2.75) is 13.3 Å². The molecule has 1 aliphatic rings. The number of nitrogens with zero attached hydrogens (tertiary/aromatic N) is 1. The third-order valence-electron chi connectivity index (χ3n) is 2.70. The number of hydrogen-bond donors (Lipinski definition) is 1. The van der Waals surface area contributed by atoms with Crippen molar-refractivity contribution in [3.05, 3.63) is 22.2 Å². The molecule has 7 nitrogen and oxygen atoms in total. The van der Waals surface area contributed by atoms with Crippen LogP contribution in [0.2, 0.25) is 0 Å². The largest absolute Gasteiger partial charge is 0.453 e. The van der Waals surface area contributed by atoms with Crippen LogP contribution in [0.5, 0.6) is 17.2 Å². The molecule has 0 fully saturated rings. The van der Waals surface area contributed by atoms with Gasteiger partial charge >= 0.3 is 11.7 Å². The van der Waals surface area contributed by atoms with Crippen molar-refractivity contribution in [1.29, 1.82) is 0 Å². The van der Waals surface area contributed by atoms with E-state index in [2.05, 4.69) is 12.6 Å². The number of thiol groups is 1. The lowest BCUT2D eigenvalue weighted by atomic mass is 10.1. The fraction of sp³-hybridized carbons (Fsp3) is 0.417. The molecule has 0 unspecified atom stereocenters. The molecule has 0 N–H and O–H groups in total. The van der Waals surface area contributed by atoms with Crippen LogP contribution in [0, 0.1) is 16.0 Å². The molecule has 0 bridgehead atoms. The highest BCUT2D eigenvalue weighted by Gasteiger charge is 2.26. The van der Waals surface area contributed by atoms with Gasteiger partial charge in [0, 0.05) is 12.5 Å². The number of fused-ring (bicyclic) bond motifs is 1. The van der Waals surface area contributed by atoms with Gasteiger partial charge in [-0.3, -0.25) is 14.9 Å². The minimum absolute atomic E-state index is 0.0133. The molecule has 0 aromatic heterocycles. The van der Waals surface area contributed by atoms with Gasteiger partial charge in [-0.2, -0.15) is 12.6 Å². The first-order chi connectivity index (χ1) is 9.51. The molecule has 8 heteroatoms. The van der Waals surface area contributed by atoms with E-state index in [4.69, 9.17) is 14.2 Å². The summed E-state index contributed by atoms with van der Waals surface area (Å²) in [5.41, 5.74) is -0.332. The summed E-state index contributed by atoms with van der Waals surface area (Å²) >= 11 is 4.07. The monoisotopic (exact) mass is 299 g/mol. The lowest BCUT2D eigenvalue weighted by Crippen LogP contribution is -2.14. The number of nitro groups is 1. The van der Waals surface area contributed by atoms with Gasteiger partial charge in [0.2, 0.25) is 12.5 Å². The van der Waals surface area contributed by atoms with Gasteiger partial charge in [0.15, 0.2) is 11.5 Å². The summed E-state index contributed by atoms with van der Waals surface area (Å²) < 4.78 is 15.2. The van der Waals surface area contributed by atoms with Crippen molar-refractivity contribution in [3.63, 3.8) is 0 Å². The molecule has 1 aromatic rings. The molecule has 0 saturated carbocycles. The second-order valence-electron chi connectivity index (χ2n) is 4.40. The summed E-state index contributed by atoms with van der Waals surface area (Å²) in [7, 11) is 0. The number of esters is 1. The Morgan fingerprint density at radius 2 is 2.15 bits per heavy atom. The lowest BCUT2D eigenvalue weighted by Gasteiger charge is -2.09. The van der Waals surface area contributed by atoms with Crippen LogP contribution in [0.3, 0.4) is 0 Å². The molecule has 0 saturated heterocycles. The Morgan fingerprint density at radius 3 is 2.75 bits per heavy atom. The van der Waals surface area contributed by atoms with E-state index in [-0.39, 0.29) is 36.3 Å². The van der Waals surface area contributed by atoms with E-state index in [1.165, 1.54) is 12.1 Å². The summed E-state index contributed by atoms with van der Waals surface area (Å²) in [6.45, 7) is 1.82. The van der Waals surface area contributed by atoms with E-state index < -0.39 is 10.9 Å². The molecule has 0 radical (unpaired) electrons. The summed E-state index contributed by atoms with van der Waals surface area (Å²) in [5, 5.41) is 11.0. The molecular formula is C12H13NO6S. The lowest BCUT2D eigenvalue weighted by molar-refractivity contribution is -0.385. The third kappa shape index (κ3) is 3.13. The highest BCUT2D eigenvalue weighted by molar-refractivity contribution is 7.80. The van der Waals surface area contributed by atoms with Crippen molar-refractivity contribution in [3.8, 4) is 17.2 Å². The van der Waals surface area contributed by atoms with Gasteiger partial charge in [0.1, 0.15) is 0 Å². The number of benzene rings is 1. The molecular weight excluding hydrogens is 286 g/mol. The first-order valence-electron chi connectivity index (χ1n) is 5.91. The molecule has 1 aliphatic heterocycles. The summed E-state index contributed by atoms with van der Waals surface area (Å²) in [4.78, 5) is 22.1. The summed E-state index contributed by atoms with van der Waals surface area (Å²) in [6.07, 6.45) is 0.134. The van der Waals surface area contributed by atoms with Crippen LogP contribution in [0.4, 0.5) is 5.69 Å². The highest BCUT2D eigenvalue weighted by atomic mass is 32.1. The first kappa shape index (κ1) is 14.4. The SMILES string of the molecule is C[C@@H](CS)CC(=O)Oc1cc2c(cc1[N+](=O)[O-])OCO2. The number of carbonyl (C=O) groups is 1. The maximum absolute atomic E-state index is 11.7. The number of ether oxygens (including phenoxy) is 3. The molecule has 108 valence electrons. The highest BCUT2D eigenvalue weighted by Crippen LogP contribution is 2.41. The van der Waals surface area contributed by atoms with Crippen molar-refractivity contribution in [1.82, 2.24) is 0 Å². The van der Waals surface area contributed by atoms with E-state index >= 15 is 0 Å². The number of nitro benzene ring substituents is 1. The number of carbonyl (C=O) groups excluding carboxylic acids is 1. The van der Waals surface area contributed by atoms with Crippen molar-refractivity contribution < 1.29 is 23.9 Å². The van der Waals surface area contributed by atoms with E-state index in [0.717, 1.165) is 0 Å². The number of hydrogen-bond acceptors (Lipinski definition) is 7. The average Bonchev–Trinajstić information content (AvgIpc) is 2.84. The second kappa shape index (κ2) is 6.00. The zero-order valence-electron chi connectivity index (χ0n) is 10.7. The Bertz CT molecular complexity index is 547. The van der Waals surface area contributed by atoms with E-state index in [1.807, 2.05) is 6.92 Å². The van der Waals surface area contributed by atoms with Gasteiger partial charge in [0.05, 0.1) is 11.0 Å². The predicted octanol–water partition coefficient (Wildman–Crippen LogP) is 2.18. The summed E-state index contributed by atoms with van der Waals surface area (Å²) in [6, 6.07) is 2.48. The third-order valence-corrected chi connectivity index (χ3v) is 3.32. The topological polar surface area (TPSA) is 87.9 Å². The molecule has 2 rings (SSSR count). The maximum Gasteiger partial charge on any atom is 0.315 e. The standard InChI is InChI=1S/C12H13NO6S/c1-7(5-20)2-12(14)19-9-4-11-10(17-6-18-11)3-8(9)13(15)16/h3-4,7,20H,2,5-6H2,1H3/t7-/m1/s1. The fourth-order valence-electron chi connectivity index (χ4n) is 1.65. The molecule has 1 aromatic carbocycles. The van der Waals surface area contributed by atoms with Crippen LogP contribution in [-0.4, -0.2) is 23.4 Å². The Morgan fingerprint density at radius 1 is 1.50 bits per heavy atom.